The minimum Gasteiger partial charge on any atom is -0.497 e. The molecule has 1 aliphatic rings. The summed E-state index contributed by atoms with van der Waals surface area (Å²) < 4.78 is 27.0. The second kappa shape index (κ2) is 8.00. The number of carbonyl (C=O) groups excluding carboxylic acids is 1. The van der Waals surface area contributed by atoms with E-state index < -0.39 is 12.4 Å². The molecule has 4 rings (SSSR count). The average Bonchev–Trinajstić information content (AvgIpc) is 3.14. The van der Waals surface area contributed by atoms with Gasteiger partial charge in [-0.1, -0.05) is 0 Å². The summed E-state index contributed by atoms with van der Waals surface area (Å²) in [5.74, 6) is 2.11. The molecule has 8 nitrogen and oxygen atoms in total. The van der Waals surface area contributed by atoms with Crippen LogP contribution in [0.2, 0.25) is 0 Å². The Kier molecular flexibility index (Phi) is 5.24. The fraction of sp³-hybridized carbons (Fsp3) is 0.227. The Hall–Kier alpha value is -3.65. The van der Waals surface area contributed by atoms with E-state index in [0.717, 1.165) is 16.5 Å². The zero-order valence-electron chi connectivity index (χ0n) is 16.7. The van der Waals surface area contributed by atoms with Crippen molar-refractivity contribution in [2.45, 2.75) is 19.8 Å². The SMILES string of the molecule is COc1cc(OC)c2oc(COC(=O)Nc3ccc4c(c3)OC(O)C=C4C)cc2c1. The highest BCUT2D eigenvalue weighted by Gasteiger charge is 2.18. The molecule has 0 bridgehead atoms. The molecular weight excluding hydrogens is 390 g/mol. The predicted octanol–water partition coefficient (Wildman–Crippen LogP) is 4.31. The van der Waals surface area contributed by atoms with Crippen LogP contribution in [0.1, 0.15) is 18.2 Å². The number of ether oxygens (including phenoxy) is 4. The van der Waals surface area contributed by atoms with Crippen molar-refractivity contribution in [1.82, 2.24) is 0 Å². The standard InChI is InChI=1S/C22H21NO7/c1-12-6-20(24)30-18-9-14(4-5-17(12)18)23-22(25)28-11-16-8-13-7-15(26-2)10-19(27-3)21(13)29-16/h4-10,20,24H,11H2,1-3H3,(H,23,25). The van der Waals surface area contributed by atoms with Gasteiger partial charge in [0.1, 0.15) is 17.3 Å². The molecule has 3 aromatic rings. The lowest BCUT2D eigenvalue weighted by Crippen LogP contribution is -2.18. The minimum absolute atomic E-state index is 0.0615. The highest BCUT2D eigenvalue weighted by Crippen LogP contribution is 2.35. The van der Waals surface area contributed by atoms with Gasteiger partial charge in [-0.05, 0) is 42.8 Å². The van der Waals surface area contributed by atoms with E-state index in [-0.39, 0.29) is 6.61 Å². The number of hydrogen-bond donors (Lipinski definition) is 2. The van der Waals surface area contributed by atoms with Gasteiger partial charge in [-0.25, -0.2) is 4.79 Å². The summed E-state index contributed by atoms with van der Waals surface area (Å²) in [7, 11) is 3.11. The van der Waals surface area contributed by atoms with Gasteiger partial charge in [0.15, 0.2) is 17.9 Å². The van der Waals surface area contributed by atoms with Gasteiger partial charge in [0.05, 0.1) is 14.2 Å². The molecule has 2 N–H and O–H groups in total. The molecule has 8 heteroatoms. The van der Waals surface area contributed by atoms with Crippen LogP contribution >= 0.6 is 0 Å². The van der Waals surface area contributed by atoms with Crippen molar-refractivity contribution < 1.29 is 33.3 Å². The smallest absolute Gasteiger partial charge is 0.412 e. The molecule has 1 unspecified atom stereocenters. The van der Waals surface area contributed by atoms with Gasteiger partial charge in [-0.15, -0.1) is 0 Å². The van der Waals surface area contributed by atoms with Gasteiger partial charge in [0.2, 0.25) is 6.29 Å². The van der Waals surface area contributed by atoms with E-state index in [9.17, 15) is 9.90 Å². The largest absolute Gasteiger partial charge is 0.497 e. The molecule has 0 fully saturated rings. The molecule has 0 saturated carbocycles. The highest BCUT2D eigenvalue weighted by molar-refractivity contribution is 5.87. The number of anilines is 1. The Bertz CT molecular complexity index is 1130. The number of allylic oxidation sites excluding steroid dienone is 1. The van der Waals surface area contributed by atoms with Gasteiger partial charge in [-0.2, -0.15) is 0 Å². The second-order valence-electron chi connectivity index (χ2n) is 6.73. The number of furan rings is 1. The molecule has 1 aromatic heterocycles. The third-order valence-electron chi connectivity index (χ3n) is 4.70. The Morgan fingerprint density at radius 3 is 2.77 bits per heavy atom. The molecule has 1 amide bonds. The van der Waals surface area contributed by atoms with Gasteiger partial charge in [-0.3, -0.25) is 5.32 Å². The van der Waals surface area contributed by atoms with Crippen LogP contribution in [-0.2, 0) is 11.3 Å². The fourth-order valence-corrected chi connectivity index (χ4v) is 3.27. The van der Waals surface area contributed by atoms with Crippen LogP contribution in [0.15, 0.2) is 46.9 Å². The van der Waals surface area contributed by atoms with Crippen LogP contribution in [0.25, 0.3) is 16.5 Å². The third-order valence-corrected chi connectivity index (χ3v) is 4.70. The number of aliphatic hydroxyl groups is 1. The molecule has 0 radical (unpaired) electrons. The summed E-state index contributed by atoms with van der Waals surface area (Å²) in [5.41, 5.74) is 2.78. The topological polar surface area (TPSA) is 99.4 Å². The van der Waals surface area contributed by atoms with E-state index in [1.165, 1.54) is 0 Å². The Balaban J connectivity index is 1.43. The number of aliphatic hydroxyl groups excluding tert-OH is 1. The summed E-state index contributed by atoms with van der Waals surface area (Å²) in [6.07, 6.45) is -0.0475. The maximum absolute atomic E-state index is 12.2. The summed E-state index contributed by atoms with van der Waals surface area (Å²) in [6, 6.07) is 10.5. The van der Waals surface area contributed by atoms with Gasteiger partial charge in [0, 0.05) is 28.8 Å². The first-order valence-electron chi connectivity index (χ1n) is 9.22. The van der Waals surface area contributed by atoms with Gasteiger partial charge >= 0.3 is 6.09 Å². The highest BCUT2D eigenvalue weighted by atomic mass is 16.6. The van der Waals surface area contributed by atoms with E-state index in [1.54, 1.807) is 44.6 Å². The lowest BCUT2D eigenvalue weighted by molar-refractivity contribution is 0.0225. The van der Waals surface area contributed by atoms with Crippen molar-refractivity contribution >= 4 is 28.3 Å². The van der Waals surface area contributed by atoms with E-state index in [0.29, 0.717) is 34.3 Å². The van der Waals surface area contributed by atoms with Crippen LogP contribution in [0.5, 0.6) is 17.2 Å². The fourth-order valence-electron chi connectivity index (χ4n) is 3.27. The normalized spacial score (nSPS) is 15.1. The first-order valence-corrected chi connectivity index (χ1v) is 9.22. The van der Waals surface area contributed by atoms with Gasteiger partial charge in [0.25, 0.3) is 0 Å². The molecule has 2 aromatic carbocycles. The molecule has 0 saturated heterocycles. The van der Waals surface area contributed by atoms with Gasteiger partial charge < -0.3 is 28.5 Å². The molecule has 0 spiro atoms. The Labute approximate surface area is 172 Å². The maximum Gasteiger partial charge on any atom is 0.412 e. The summed E-state index contributed by atoms with van der Waals surface area (Å²) in [5, 5.41) is 13.1. The number of fused-ring (bicyclic) bond motifs is 2. The lowest BCUT2D eigenvalue weighted by atomic mass is 10.0. The van der Waals surface area contributed by atoms with Crippen molar-refractivity contribution in [2.24, 2.45) is 0 Å². The number of hydrogen-bond acceptors (Lipinski definition) is 7. The van der Waals surface area contributed by atoms with Crippen LogP contribution < -0.4 is 19.5 Å². The molecule has 30 heavy (non-hydrogen) atoms. The monoisotopic (exact) mass is 411 g/mol. The summed E-state index contributed by atoms with van der Waals surface area (Å²) >= 11 is 0. The van der Waals surface area contributed by atoms with E-state index in [2.05, 4.69) is 5.32 Å². The summed E-state index contributed by atoms with van der Waals surface area (Å²) in [4.78, 5) is 12.2. The average molecular weight is 411 g/mol. The number of benzene rings is 2. The molecule has 2 heterocycles. The Morgan fingerprint density at radius 2 is 2.00 bits per heavy atom. The second-order valence-corrected chi connectivity index (χ2v) is 6.73. The number of amides is 1. The molecule has 1 aliphatic heterocycles. The quantitative estimate of drug-likeness (QED) is 0.645. The first kappa shape index (κ1) is 19.7. The van der Waals surface area contributed by atoms with Crippen molar-refractivity contribution in [1.29, 1.82) is 0 Å². The number of rotatable bonds is 5. The first-order chi connectivity index (χ1) is 14.5. The number of nitrogens with one attached hydrogen (secondary N) is 1. The maximum atomic E-state index is 12.2. The van der Waals surface area contributed by atoms with Crippen molar-refractivity contribution in [3.63, 3.8) is 0 Å². The number of carbonyl (C=O) groups is 1. The molecular formula is C22H21NO7. The lowest BCUT2D eigenvalue weighted by Gasteiger charge is -2.21. The predicted molar refractivity (Wildman–Crippen MR) is 110 cm³/mol. The molecule has 156 valence electrons. The number of methoxy groups -OCH3 is 2. The Morgan fingerprint density at radius 1 is 1.17 bits per heavy atom. The van der Waals surface area contributed by atoms with Crippen molar-refractivity contribution in [3.8, 4) is 17.2 Å². The molecule has 1 atom stereocenters. The van der Waals surface area contributed by atoms with Crippen LogP contribution in [-0.4, -0.2) is 31.7 Å². The van der Waals surface area contributed by atoms with Crippen molar-refractivity contribution in [3.05, 3.63) is 53.8 Å². The van der Waals surface area contributed by atoms with E-state index in [4.69, 9.17) is 23.4 Å². The van der Waals surface area contributed by atoms with E-state index in [1.807, 2.05) is 19.1 Å². The summed E-state index contributed by atoms with van der Waals surface area (Å²) in [6.45, 7) is 1.82. The molecule has 0 aliphatic carbocycles. The van der Waals surface area contributed by atoms with E-state index >= 15 is 0 Å². The zero-order valence-corrected chi connectivity index (χ0v) is 16.7. The third kappa shape index (κ3) is 3.90. The van der Waals surface area contributed by atoms with Crippen molar-refractivity contribution in [2.75, 3.05) is 19.5 Å². The van der Waals surface area contributed by atoms with Crippen LogP contribution in [0, 0.1) is 0 Å². The van der Waals surface area contributed by atoms with Crippen LogP contribution in [0.4, 0.5) is 10.5 Å². The minimum atomic E-state index is -1.01. The van der Waals surface area contributed by atoms with Crippen LogP contribution in [0.3, 0.4) is 0 Å². The zero-order chi connectivity index (χ0) is 21.3.